The van der Waals surface area contributed by atoms with Crippen LogP contribution in [0.5, 0.6) is 0 Å². The number of rotatable bonds is 10. The lowest BCUT2D eigenvalue weighted by atomic mass is 9.67. The van der Waals surface area contributed by atoms with Crippen molar-refractivity contribution in [3.63, 3.8) is 0 Å². The maximum atomic E-state index is 14.4. The van der Waals surface area contributed by atoms with E-state index in [1.165, 1.54) is 4.31 Å². The van der Waals surface area contributed by atoms with E-state index in [4.69, 9.17) is 23.2 Å². The molecule has 1 heterocycles. The number of halogens is 2. The maximum Gasteiger partial charge on any atom is 0.229 e. The number of benzene rings is 2. The van der Waals surface area contributed by atoms with Gasteiger partial charge >= 0.3 is 0 Å². The largest absolute Gasteiger partial charge is 0.330 e. The molecule has 0 radical (unpaired) electrons. The van der Waals surface area contributed by atoms with Crippen LogP contribution in [0.3, 0.4) is 0 Å². The zero-order valence-electron chi connectivity index (χ0n) is 21.7. The first-order chi connectivity index (χ1) is 18.0. The molecule has 2 aliphatic carbocycles. The topological polar surface area (TPSA) is 74.8 Å². The second kappa shape index (κ2) is 10.6. The van der Waals surface area contributed by atoms with E-state index >= 15 is 0 Å². The summed E-state index contributed by atoms with van der Waals surface area (Å²) in [5, 5.41) is 0.879. The molecule has 0 aromatic heterocycles. The number of amides is 1. The van der Waals surface area contributed by atoms with Gasteiger partial charge in [0.05, 0.1) is 16.7 Å². The average Bonchev–Trinajstić information content (AvgIpc) is 3.78. The SMILES string of the molecule is CN(CC(C1CC1)N1C(=O)[C@@](C)(CC=O)CC(c2cccc(Cl)c2)[C@H]1c1ccc(Cl)cc1)S(=O)(=O)C1CC1. The first kappa shape index (κ1) is 27.6. The number of carbonyl (C=O) groups excluding carboxylic acids is 2. The van der Waals surface area contributed by atoms with Crippen molar-refractivity contribution in [1.29, 1.82) is 0 Å². The van der Waals surface area contributed by atoms with Crippen molar-refractivity contribution < 1.29 is 18.0 Å². The average molecular weight is 578 g/mol. The highest BCUT2D eigenvalue weighted by Gasteiger charge is 2.54. The second-order valence-electron chi connectivity index (χ2n) is 11.4. The predicted octanol–water partition coefficient (Wildman–Crippen LogP) is 5.85. The van der Waals surface area contributed by atoms with E-state index in [0.717, 1.165) is 30.3 Å². The molecule has 0 N–H and O–H groups in total. The number of piperidine rings is 1. The van der Waals surface area contributed by atoms with E-state index in [2.05, 4.69) is 0 Å². The Balaban J connectivity index is 1.64. The van der Waals surface area contributed by atoms with Crippen molar-refractivity contribution in [3.8, 4) is 0 Å². The van der Waals surface area contributed by atoms with Gasteiger partial charge in [-0.2, -0.15) is 0 Å². The summed E-state index contributed by atoms with van der Waals surface area (Å²) in [7, 11) is -1.78. The fourth-order valence-corrected chi connectivity index (χ4v) is 7.98. The lowest BCUT2D eigenvalue weighted by Gasteiger charge is -2.52. The van der Waals surface area contributed by atoms with Gasteiger partial charge in [0.25, 0.3) is 0 Å². The molecule has 3 fully saturated rings. The third-order valence-electron chi connectivity index (χ3n) is 8.47. The smallest absolute Gasteiger partial charge is 0.229 e. The van der Waals surface area contributed by atoms with Gasteiger partial charge < -0.3 is 9.69 Å². The fraction of sp³-hybridized carbons (Fsp3) is 0.517. The van der Waals surface area contributed by atoms with Crippen molar-refractivity contribution in [2.75, 3.05) is 13.6 Å². The van der Waals surface area contributed by atoms with Gasteiger partial charge in [-0.15, -0.1) is 0 Å². The molecule has 3 aliphatic rings. The van der Waals surface area contributed by atoms with Gasteiger partial charge in [-0.1, -0.05) is 54.4 Å². The van der Waals surface area contributed by atoms with Crippen molar-refractivity contribution >= 4 is 45.4 Å². The lowest BCUT2D eigenvalue weighted by Crippen LogP contribution is -2.59. The predicted molar refractivity (Wildman–Crippen MR) is 150 cm³/mol. The molecule has 2 aromatic carbocycles. The Hall–Kier alpha value is -1.93. The summed E-state index contributed by atoms with van der Waals surface area (Å²) in [5.74, 6) is -0.0507. The number of likely N-dealkylation sites (N-methyl/N-ethyl adjacent to an activating group) is 1. The molecule has 0 bridgehead atoms. The van der Waals surface area contributed by atoms with Gasteiger partial charge in [0.2, 0.25) is 15.9 Å². The molecule has 38 heavy (non-hydrogen) atoms. The van der Waals surface area contributed by atoms with Crippen LogP contribution in [0, 0.1) is 11.3 Å². The second-order valence-corrected chi connectivity index (χ2v) is 14.6. The van der Waals surface area contributed by atoms with Crippen LogP contribution in [0.15, 0.2) is 48.5 Å². The highest BCUT2D eigenvalue weighted by Crippen LogP contribution is 2.54. The minimum atomic E-state index is -3.42. The quantitative estimate of drug-likeness (QED) is 0.332. The Morgan fingerprint density at radius 1 is 1.05 bits per heavy atom. The van der Waals surface area contributed by atoms with Crippen LogP contribution < -0.4 is 0 Å². The summed E-state index contributed by atoms with van der Waals surface area (Å²) >= 11 is 12.7. The van der Waals surface area contributed by atoms with Gasteiger partial charge in [0.15, 0.2) is 0 Å². The van der Waals surface area contributed by atoms with Gasteiger partial charge in [0.1, 0.15) is 6.29 Å². The van der Waals surface area contributed by atoms with Crippen molar-refractivity contribution in [2.45, 2.75) is 68.7 Å². The molecule has 1 aliphatic heterocycles. The molecule has 1 amide bonds. The number of nitrogens with zero attached hydrogens (tertiary/aromatic N) is 2. The standard InChI is InChI=1S/C29H34Cl2N2O4S/c1-29(14-15-34)17-25(21-4-3-5-23(31)16-21)27(20-8-10-22(30)11-9-20)33(28(29)35)26(19-6-7-19)18-32(2)38(36,37)24-12-13-24/h3-5,8-11,15-16,19,24-27H,6-7,12-14,17-18H2,1-2H3/t25?,26?,27-,29+/m1/s1. The van der Waals surface area contributed by atoms with E-state index in [1.54, 1.807) is 7.05 Å². The summed E-state index contributed by atoms with van der Waals surface area (Å²) in [6.45, 7) is 2.10. The Morgan fingerprint density at radius 3 is 2.32 bits per heavy atom. The highest BCUT2D eigenvalue weighted by molar-refractivity contribution is 7.90. The van der Waals surface area contributed by atoms with Gasteiger partial charge in [-0.05, 0) is 73.4 Å². The van der Waals surface area contributed by atoms with Crippen molar-refractivity contribution in [3.05, 3.63) is 69.7 Å². The summed E-state index contributed by atoms with van der Waals surface area (Å²) in [4.78, 5) is 28.2. The van der Waals surface area contributed by atoms with Crippen molar-refractivity contribution in [1.82, 2.24) is 9.21 Å². The molecule has 2 saturated carbocycles. The van der Waals surface area contributed by atoms with Crippen LogP contribution in [-0.2, 0) is 19.6 Å². The minimum Gasteiger partial charge on any atom is -0.330 e. The Morgan fingerprint density at radius 2 is 1.74 bits per heavy atom. The zero-order valence-corrected chi connectivity index (χ0v) is 24.1. The van der Waals surface area contributed by atoms with Crippen LogP contribution in [-0.4, -0.2) is 54.7 Å². The molecule has 9 heteroatoms. The van der Waals surface area contributed by atoms with E-state index in [0.29, 0.717) is 29.3 Å². The zero-order chi connectivity index (χ0) is 27.2. The third kappa shape index (κ3) is 5.40. The minimum absolute atomic E-state index is 0.0976. The summed E-state index contributed by atoms with van der Waals surface area (Å²) < 4.78 is 27.7. The summed E-state index contributed by atoms with van der Waals surface area (Å²) in [5.41, 5.74) is 0.999. The Labute approximate surface area is 235 Å². The van der Waals surface area contributed by atoms with E-state index in [9.17, 15) is 18.0 Å². The normalized spacial score (nSPS) is 27.0. The molecule has 6 nitrogen and oxygen atoms in total. The van der Waals surface area contributed by atoms with E-state index in [1.807, 2.05) is 60.4 Å². The highest BCUT2D eigenvalue weighted by atomic mass is 35.5. The molecule has 0 spiro atoms. The van der Waals surface area contributed by atoms with Gasteiger partial charge in [0, 0.05) is 42.0 Å². The molecular formula is C29H34Cl2N2O4S. The molecule has 2 unspecified atom stereocenters. The maximum absolute atomic E-state index is 14.4. The molecule has 1 saturated heterocycles. The molecule has 204 valence electrons. The van der Waals surface area contributed by atoms with Crippen LogP contribution in [0.4, 0.5) is 0 Å². The van der Waals surface area contributed by atoms with E-state index < -0.39 is 15.4 Å². The number of carbonyl (C=O) groups is 2. The number of aldehydes is 1. The number of hydrogen-bond donors (Lipinski definition) is 0. The first-order valence-electron chi connectivity index (χ1n) is 13.3. The third-order valence-corrected chi connectivity index (χ3v) is 11.3. The molecule has 5 rings (SSSR count). The Bertz CT molecular complexity index is 1310. The number of hydrogen-bond acceptors (Lipinski definition) is 4. The number of sulfonamides is 1. The van der Waals surface area contributed by atoms with Gasteiger partial charge in [-0.3, -0.25) is 4.79 Å². The van der Waals surface area contributed by atoms with Crippen LogP contribution in [0.25, 0.3) is 0 Å². The molecule has 4 atom stereocenters. The van der Waals surface area contributed by atoms with Crippen LogP contribution in [0.2, 0.25) is 10.0 Å². The van der Waals surface area contributed by atoms with Crippen LogP contribution >= 0.6 is 23.2 Å². The Kier molecular flexibility index (Phi) is 7.68. The summed E-state index contributed by atoms with van der Waals surface area (Å²) in [6.07, 6.45) is 4.64. The monoisotopic (exact) mass is 576 g/mol. The lowest BCUT2D eigenvalue weighted by molar-refractivity contribution is -0.157. The number of likely N-dealkylation sites (tertiary alicyclic amines) is 1. The van der Waals surface area contributed by atoms with Crippen LogP contribution in [0.1, 0.15) is 68.5 Å². The van der Waals surface area contributed by atoms with Crippen molar-refractivity contribution in [2.24, 2.45) is 11.3 Å². The molecule has 2 aromatic rings. The fourth-order valence-electron chi connectivity index (χ4n) is 6.05. The summed E-state index contributed by atoms with van der Waals surface area (Å²) in [6, 6.07) is 14.5. The molecular weight excluding hydrogens is 543 g/mol. The van der Waals surface area contributed by atoms with Gasteiger partial charge in [-0.25, -0.2) is 12.7 Å². The first-order valence-corrected chi connectivity index (χ1v) is 15.5. The van der Waals surface area contributed by atoms with E-state index in [-0.39, 0.29) is 48.0 Å².